The molecule has 7 heteroatoms. The number of carbonyl (C=O) groups excluding carboxylic acids is 3. The number of nitrogens with zero attached hydrogens (tertiary/aromatic N) is 1. The zero-order valence-corrected chi connectivity index (χ0v) is 26.8. The molecule has 0 radical (unpaired) electrons. The fourth-order valence-corrected chi connectivity index (χ4v) is 5.16. The van der Waals surface area contributed by atoms with Gasteiger partial charge in [-0.05, 0) is 100 Å². The van der Waals surface area contributed by atoms with Gasteiger partial charge in [0.05, 0.1) is 0 Å². The molecule has 0 aliphatic heterocycles. The number of amides is 3. The topological polar surface area (TPSA) is 87.7 Å². The van der Waals surface area contributed by atoms with Gasteiger partial charge in [0.25, 0.3) is 5.91 Å². The summed E-state index contributed by atoms with van der Waals surface area (Å²) in [5, 5.41) is 7.99. The second kappa shape index (κ2) is 13.0. The predicted octanol–water partition coefficient (Wildman–Crippen LogP) is 7.70. The Bertz CT molecular complexity index is 1420. The number of rotatable bonds is 9. The second-order valence-electron chi connectivity index (χ2n) is 13.0. The van der Waals surface area contributed by atoms with Gasteiger partial charge in [-0.2, -0.15) is 0 Å². The Balaban J connectivity index is 2.15. The normalized spacial score (nSPS) is 13.4. The smallest absolute Gasteiger partial charge is 0.408 e. The van der Waals surface area contributed by atoms with Gasteiger partial charge in [0.15, 0.2) is 0 Å². The number of hydrogen-bond donors (Lipinski definition) is 2. The number of nitrogens with one attached hydrogen (secondary N) is 2. The molecule has 0 saturated heterocycles. The summed E-state index contributed by atoms with van der Waals surface area (Å²) in [7, 11) is 0. The molecule has 226 valence electrons. The maximum absolute atomic E-state index is 14.6. The Morgan fingerprint density at radius 1 is 0.857 bits per heavy atom. The summed E-state index contributed by atoms with van der Waals surface area (Å²) >= 11 is 0. The number of benzene rings is 3. The molecule has 3 aromatic rings. The summed E-state index contributed by atoms with van der Waals surface area (Å²) in [6.07, 6.45) is -0.0891. The van der Waals surface area contributed by atoms with Crippen molar-refractivity contribution in [3.8, 4) is 0 Å². The van der Waals surface area contributed by atoms with Crippen LogP contribution < -0.4 is 10.6 Å². The fraction of sp³-hybridized carbons (Fsp3) is 0.457. The van der Waals surface area contributed by atoms with E-state index >= 15 is 0 Å². The lowest BCUT2D eigenvalue weighted by Crippen LogP contribution is -2.60. The minimum absolute atomic E-state index is 0.262. The first-order valence-electron chi connectivity index (χ1n) is 14.7. The van der Waals surface area contributed by atoms with Gasteiger partial charge in [-0.25, -0.2) is 4.79 Å². The number of ether oxygens (including phenoxy) is 1. The predicted molar refractivity (Wildman–Crippen MR) is 170 cm³/mol. The van der Waals surface area contributed by atoms with E-state index in [1.54, 1.807) is 25.7 Å². The largest absolute Gasteiger partial charge is 0.444 e. The molecular weight excluding hydrogens is 526 g/mol. The zero-order chi connectivity index (χ0) is 31.4. The molecule has 0 spiro atoms. The molecule has 0 fully saturated rings. The highest BCUT2D eigenvalue weighted by atomic mass is 16.6. The molecule has 0 aliphatic carbocycles. The Kier molecular flexibility index (Phi) is 10.1. The van der Waals surface area contributed by atoms with E-state index in [-0.39, 0.29) is 17.7 Å². The first kappa shape index (κ1) is 32.6. The third kappa shape index (κ3) is 7.69. The van der Waals surface area contributed by atoms with Crippen molar-refractivity contribution in [1.82, 2.24) is 10.2 Å². The van der Waals surface area contributed by atoms with E-state index < -0.39 is 29.3 Å². The minimum Gasteiger partial charge on any atom is -0.444 e. The van der Waals surface area contributed by atoms with Crippen LogP contribution in [-0.4, -0.2) is 40.0 Å². The lowest BCUT2D eigenvalue weighted by atomic mass is 9.87. The monoisotopic (exact) mass is 573 g/mol. The van der Waals surface area contributed by atoms with Crippen LogP contribution in [0.25, 0.3) is 10.8 Å². The molecular formula is C35H47N3O4. The first-order chi connectivity index (χ1) is 19.6. The van der Waals surface area contributed by atoms with Crippen molar-refractivity contribution in [3.63, 3.8) is 0 Å². The Labute approximate surface area is 251 Å². The van der Waals surface area contributed by atoms with E-state index in [0.29, 0.717) is 12.1 Å². The molecule has 7 nitrogen and oxygen atoms in total. The van der Waals surface area contributed by atoms with E-state index in [1.165, 1.54) is 0 Å². The van der Waals surface area contributed by atoms with Crippen molar-refractivity contribution < 1.29 is 19.1 Å². The maximum Gasteiger partial charge on any atom is 0.408 e. The lowest BCUT2D eigenvalue weighted by Gasteiger charge is -2.45. The van der Waals surface area contributed by atoms with Crippen LogP contribution in [0.5, 0.6) is 0 Å². The van der Waals surface area contributed by atoms with Crippen molar-refractivity contribution in [1.29, 1.82) is 0 Å². The van der Waals surface area contributed by atoms with Crippen LogP contribution in [0.2, 0.25) is 0 Å². The first-order valence-corrected chi connectivity index (χ1v) is 14.7. The van der Waals surface area contributed by atoms with Crippen molar-refractivity contribution >= 4 is 34.4 Å². The van der Waals surface area contributed by atoms with Crippen LogP contribution in [0.15, 0.2) is 60.7 Å². The van der Waals surface area contributed by atoms with Crippen LogP contribution in [0.4, 0.5) is 10.5 Å². The quantitative estimate of drug-likeness (QED) is 0.275. The second-order valence-corrected chi connectivity index (χ2v) is 13.0. The maximum atomic E-state index is 14.6. The van der Waals surface area contributed by atoms with Gasteiger partial charge in [0.2, 0.25) is 5.91 Å². The highest BCUT2D eigenvalue weighted by Crippen LogP contribution is 2.36. The summed E-state index contributed by atoms with van der Waals surface area (Å²) in [4.78, 5) is 43.6. The summed E-state index contributed by atoms with van der Waals surface area (Å²) < 4.78 is 5.51. The SMILES string of the molecule is CCC(C)(C)N(C(=O)C(NC(=O)OC(C)(C)C)C(C)C)C(C(=O)Nc1ccc2ccccc2c1)c1c(C)cccc1C. The van der Waals surface area contributed by atoms with Gasteiger partial charge < -0.3 is 20.3 Å². The van der Waals surface area contributed by atoms with Gasteiger partial charge in [-0.15, -0.1) is 0 Å². The van der Waals surface area contributed by atoms with E-state index in [4.69, 9.17) is 4.74 Å². The Morgan fingerprint density at radius 2 is 1.45 bits per heavy atom. The lowest BCUT2D eigenvalue weighted by molar-refractivity contribution is -0.148. The Hall–Kier alpha value is -3.87. The zero-order valence-electron chi connectivity index (χ0n) is 26.8. The summed E-state index contributed by atoms with van der Waals surface area (Å²) in [5.41, 5.74) is 1.76. The molecule has 0 bridgehead atoms. The van der Waals surface area contributed by atoms with Gasteiger partial charge in [-0.1, -0.05) is 69.3 Å². The third-order valence-electron chi connectivity index (χ3n) is 7.70. The fourth-order valence-electron chi connectivity index (χ4n) is 5.16. The van der Waals surface area contributed by atoms with Crippen LogP contribution >= 0.6 is 0 Å². The number of hydrogen-bond acceptors (Lipinski definition) is 4. The van der Waals surface area contributed by atoms with E-state index in [1.807, 2.05) is 109 Å². The standard InChI is InChI=1S/C35H47N3O4/c1-11-35(9,10)38(32(40)29(22(2)3)37-33(41)42-34(6,7)8)30(28-23(4)15-14-16-24(28)5)31(39)36-27-20-19-25-17-12-13-18-26(25)21-27/h12-22,29-30H,11H2,1-10H3,(H,36,39)(H,37,41). The Morgan fingerprint density at radius 3 is 2.00 bits per heavy atom. The van der Waals surface area contributed by atoms with Crippen LogP contribution in [0.3, 0.4) is 0 Å². The van der Waals surface area contributed by atoms with Crippen LogP contribution in [-0.2, 0) is 14.3 Å². The molecule has 0 aliphatic rings. The number of carbonyl (C=O) groups is 3. The van der Waals surface area contributed by atoms with Gasteiger partial charge in [0.1, 0.15) is 17.7 Å². The molecule has 0 saturated carbocycles. The molecule has 3 amide bonds. The van der Waals surface area contributed by atoms with Crippen LogP contribution in [0.1, 0.15) is 84.5 Å². The average Bonchev–Trinajstić information content (AvgIpc) is 2.89. The van der Waals surface area contributed by atoms with Crippen molar-refractivity contribution in [2.45, 2.75) is 98.9 Å². The molecule has 2 unspecified atom stereocenters. The molecule has 42 heavy (non-hydrogen) atoms. The molecule has 2 atom stereocenters. The third-order valence-corrected chi connectivity index (χ3v) is 7.70. The van der Waals surface area contributed by atoms with Gasteiger partial charge in [-0.3, -0.25) is 9.59 Å². The molecule has 2 N–H and O–H groups in total. The van der Waals surface area contributed by atoms with Gasteiger partial charge >= 0.3 is 6.09 Å². The van der Waals surface area contributed by atoms with Crippen molar-refractivity contribution in [3.05, 3.63) is 77.4 Å². The van der Waals surface area contributed by atoms with E-state index in [2.05, 4.69) is 10.6 Å². The number of fused-ring (bicyclic) bond motifs is 1. The summed E-state index contributed by atoms with van der Waals surface area (Å²) in [6, 6.07) is 17.7. The number of anilines is 1. The van der Waals surface area contributed by atoms with E-state index in [9.17, 15) is 14.4 Å². The molecule has 3 aromatic carbocycles. The van der Waals surface area contributed by atoms with Crippen molar-refractivity contribution in [2.24, 2.45) is 5.92 Å². The minimum atomic E-state index is -0.957. The summed E-state index contributed by atoms with van der Waals surface area (Å²) in [5.74, 6) is -0.927. The van der Waals surface area contributed by atoms with Crippen LogP contribution in [0, 0.1) is 19.8 Å². The highest BCUT2D eigenvalue weighted by Gasteiger charge is 2.44. The molecule has 0 heterocycles. The number of aryl methyl sites for hydroxylation is 2. The molecule has 3 rings (SSSR count). The molecule has 0 aromatic heterocycles. The van der Waals surface area contributed by atoms with Gasteiger partial charge in [0, 0.05) is 11.2 Å². The van der Waals surface area contributed by atoms with E-state index in [0.717, 1.165) is 27.5 Å². The van der Waals surface area contributed by atoms with Crippen molar-refractivity contribution in [2.75, 3.05) is 5.32 Å². The highest BCUT2D eigenvalue weighted by molar-refractivity contribution is 6.01. The number of alkyl carbamates (subject to hydrolysis) is 1. The summed E-state index contributed by atoms with van der Waals surface area (Å²) in [6.45, 7) is 18.9. The average molecular weight is 574 g/mol.